The number of nitrogen functional groups attached to an aromatic ring is 1. The second-order valence-electron chi connectivity index (χ2n) is 6.68. The summed E-state index contributed by atoms with van der Waals surface area (Å²) in [5, 5.41) is 4.88. The zero-order valence-corrected chi connectivity index (χ0v) is 13.8. The van der Waals surface area contributed by atoms with E-state index in [-0.39, 0.29) is 0 Å². The number of hydrogen-bond donors (Lipinski definition) is 2. The molecule has 3 aromatic rings. The van der Waals surface area contributed by atoms with Crippen molar-refractivity contribution in [2.75, 3.05) is 11.1 Å². The number of hydrogen-bond acceptors (Lipinski definition) is 3. The minimum Gasteiger partial charge on any atom is -0.399 e. The number of nitrogens with one attached hydrogen (secondary N) is 1. The minimum absolute atomic E-state index is 0.550. The number of fused-ring (bicyclic) bond motifs is 1. The third-order valence-electron chi connectivity index (χ3n) is 4.87. The van der Waals surface area contributed by atoms with Crippen molar-refractivity contribution in [3.8, 4) is 11.3 Å². The molecule has 0 atom stereocenters. The van der Waals surface area contributed by atoms with Gasteiger partial charge in [-0.15, -0.1) is 0 Å². The summed E-state index contributed by atoms with van der Waals surface area (Å²) in [7, 11) is 0. The quantitative estimate of drug-likeness (QED) is 0.650. The topological polar surface area (TPSA) is 50.9 Å². The van der Waals surface area contributed by atoms with Crippen LogP contribution in [0.15, 0.2) is 54.6 Å². The molecule has 122 valence electrons. The summed E-state index contributed by atoms with van der Waals surface area (Å²) < 4.78 is 0. The highest BCUT2D eigenvalue weighted by atomic mass is 14.9. The molecule has 0 spiro atoms. The first-order valence-electron chi connectivity index (χ1n) is 8.82. The van der Waals surface area contributed by atoms with E-state index in [0.29, 0.717) is 6.04 Å². The molecular formula is C21H23N3. The van der Waals surface area contributed by atoms with Crippen LogP contribution in [0, 0.1) is 0 Å². The van der Waals surface area contributed by atoms with Crippen LogP contribution in [-0.2, 0) is 0 Å². The molecule has 3 heteroatoms. The highest BCUT2D eigenvalue weighted by Gasteiger charge is 2.15. The van der Waals surface area contributed by atoms with E-state index in [2.05, 4.69) is 35.6 Å². The Bertz CT molecular complexity index is 836. The fraction of sp³-hybridized carbons (Fsp3) is 0.286. The molecule has 3 N–H and O–H groups in total. The summed E-state index contributed by atoms with van der Waals surface area (Å²) in [6, 6.07) is 19.1. The van der Waals surface area contributed by atoms with E-state index in [1.165, 1.54) is 32.1 Å². The molecule has 0 bridgehead atoms. The van der Waals surface area contributed by atoms with Gasteiger partial charge in [-0.25, -0.2) is 4.98 Å². The van der Waals surface area contributed by atoms with Crippen molar-refractivity contribution in [1.29, 1.82) is 0 Å². The van der Waals surface area contributed by atoms with Crippen LogP contribution in [0.1, 0.15) is 32.1 Å². The lowest BCUT2D eigenvalue weighted by molar-refractivity contribution is 0.463. The van der Waals surface area contributed by atoms with Crippen LogP contribution < -0.4 is 11.1 Å². The van der Waals surface area contributed by atoms with Gasteiger partial charge in [-0.2, -0.15) is 0 Å². The first kappa shape index (κ1) is 15.0. The first-order valence-corrected chi connectivity index (χ1v) is 8.82. The van der Waals surface area contributed by atoms with Gasteiger partial charge in [0.2, 0.25) is 0 Å². The Morgan fingerprint density at radius 1 is 0.917 bits per heavy atom. The molecule has 0 amide bonds. The van der Waals surface area contributed by atoms with E-state index >= 15 is 0 Å². The van der Waals surface area contributed by atoms with Crippen molar-refractivity contribution in [2.24, 2.45) is 0 Å². The molecule has 2 aromatic carbocycles. The molecule has 0 unspecified atom stereocenters. The monoisotopic (exact) mass is 317 g/mol. The smallest absolute Gasteiger partial charge is 0.0731 e. The van der Waals surface area contributed by atoms with E-state index in [0.717, 1.165) is 33.5 Å². The fourth-order valence-corrected chi connectivity index (χ4v) is 3.59. The molecule has 24 heavy (non-hydrogen) atoms. The average molecular weight is 317 g/mol. The van der Waals surface area contributed by atoms with E-state index in [9.17, 15) is 0 Å². The van der Waals surface area contributed by atoms with Crippen molar-refractivity contribution in [2.45, 2.75) is 38.1 Å². The number of benzene rings is 2. The van der Waals surface area contributed by atoms with Crippen LogP contribution in [0.2, 0.25) is 0 Å². The van der Waals surface area contributed by atoms with E-state index < -0.39 is 0 Å². The Hall–Kier alpha value is -2.55. The van der Waals surface area contributed by atoms with E-state index in [4.69, 9.17) is 10.7 Å². The van der Waals surface area contributed by atoms with Gasteiger partial charge in [0.05, 0.1) is 11.2 Å². The van der Waals surface area contributed by atoms with Gasteiger partial charge in [-0.05, 0) is 37.1 Å². The molecule has 1 aliphatic carbocycles. The van der Waals surface area contributed by atoms with Crippen LogP contribution in [0.4, 0.5) is 11.4 Å². The summed E-state index contributed by atoms with van der Waals surface area (Å²) in [5.74, 6) is 0. The Morgan fingerprint density at radius 3 is 2.50 bits per heavy atom. The van der Waals surface area contributed by atoms with Crippen molar-refractivity contribution >= 4 is 22.3 Å². The highest BCUT2D eigenvalue weighted by molar-refractivity contribution is 5.95. The molecule has 3 nitrogen and oxygen atoms in total. The number of nitrogens with zero attached hydrogens (tertiary/aromatic N) is 1. The van der Waals surface area contributed by atoms with Gasteiger partial charge < -0.3 is 11.1 Å². The lowest BCUT2D eigenvalue weighted by Crippen LogP contribution is -2.22. The fourth-order valence-electron chi connectivity index (χ4n) is 3.59. The summed E-state index contributed by atoms with van der Waals surface area (Å²) in [6.45, 7) is 0. The number of nitrogens with two attached hydrogens (primary N) is 1. The molecule has 4 rings (SSSR count). The molecule has 1 heterocycles. The van der Waals surface area contributed by atoms with E-state index in [1.807, 2.05) is 24.3 Å². The number of rotatable bonds is 3. The molecule has 0 aliphatic heterocycles. The minimum atomic E-state index is 0.550. The van der Waals surface area contributed by atoms with E-state index in [1.54, 1.807) is 0 Å². The van der Waals surface area contributed by atoms with Crippen molar-refractivity contribution in [3.05, 3.63) is 54.6 Å². The Morgan fingerprint density at radius 2 is 1.71 bits per heavy atom. The SMILES string of the molecule is Nc1ccc2nc(-c3ccccc3)cc(NC3CCCCC3)c2c1. The van der Waals surface area contributed by atoms with Crippen LogP contribution in [0.5, 0.6) is 0 Å². The van der Waals surface area contributed by atoms with Crippen LogP contribution >= 0.6 is 0 Å². The maximum absolute atomic E-state index is 6.02. The Kier molecular flexibility index (Phi) is 4.08. The average Bonchev–Trinajstić information content (AvgIpc) is 2.63. The normalized spacial score (nSPS) is 15.5. The first-order chi connectivity index (χ1) is 11.8. The zero-order chi connectivity index (χ0) is 16.4. The molecule has 1 aromatic heterocycles. The molecule has 0 radical (unpaired) electrons. The van der Waals surface area contributed by atoms with Gasteiger partial charge in [0.1, 0.15) is 0 Å². The lowest BCUT2D eigenvalue weighted by Gasteiger charge is -2.25. The maximum atomic E-state index is 6.02. The Balaban J connectivity index is 1.80. The predicted molar refractivity (Wildman–Crippen MR) is 102 cm³/mol. The third kappa shape index (κ3) is 3.07. The van der Waals surface area contributed by atoms with Crippen LogP contribution in [0.3, 0.4) is 0 Å². The maximum Gasteiger partial charge on any atom is 0.0731 e. The molecular weight excluding hydrogens is 294 g/mol. The van der Waals surface area contributed by atoms with Gasteiger partial charge in [0.15, 0.2) is 0 Å². The molecule has 1 aliphatic rings. The second-order valence-corrected chi connectivity index (χ2v) is 6.68. The molecule has 1 fully saturated rings. The summed E-state index contributed by atoms with van der Waals surface area (Å²) in [4.78, 5) is 4.84. The second kappa shape index (κ2) is 6.52. The standard InChI is InChI=1S/C21H23N3/c22-16-11-12-19-18(13-16)21(23-17-9-5-2-6-10-17)14-20(24-19)15-7-3-1-4-8-15/h1,3-4,7-8,11-14,17H,2,5-6,9-10,22H2,(H,23,24). The van der Waals surface area contributed by atoms with Gasteiger partial charge in [0, 0.05) is 28.4 Å². The Labute approximate surface area is 142 Å². The van der Waals surface area contributed by atoms with Gasteiger partial charge >= 0.3 is 0 Å². The summed E-state index contributed by atoms with van der Waals surface area (Å²) >= 11 is 0. The van der Waals surface area contributed by atoms with Gasteiger partial charge in [-0.3, -0.25) is 0 Å². The lowest BCUT2D eigenvalue weighted by atomic mass is 9.95. The van der Waals surface area contributed by atoms with Crippen LogP contribution in [0.25, 0.3) is 22.2 Å². The van der Waals surface area contributed by atoms with Crippen molar-refractivity contribution in [1.82, 2.24) is 4.98 Å². The number of aromatic nitrogens is 1. The van der Waals surface area contributed by atoms with Gasteiger partial charge in [0.25, 0.3) is 0 Å². The van der Waals surface area contributed by atoms with Gasteiger partial charge in [-0.1, -0.05) is 49.6 Å². The summed E-state index contributed by atoms with van der Waals surface area (Å²) in [6.07, 6.45) is 6.47. The van der Waals surface area contributed by atoms with Crippen molar-refractivity contribution in [3.63, 3.8) is 0 Å². The number of anilines is 2. The van der Waals surface area contributed by atoms with Crippen molar-refractivity contribution < 1.29 is 0 Å². The molecule has 0 saturated heterocycles. The molecule has 1 saturated carbocycles. The predicted octanol–water partition coefficient (Wildman–Crippen LogP) is 5.23. The highest BCUT2D eigenvalue weighted by Crippen LogP contribution is 2.31. The number of pyridine rings is 1. The summed E-state index contributed by atoms with van der Waals surface area (Å²) in [5.41, 5.74) is 11.1. The zero-order valence-electron chi connectivity index (χ0n) is 13.8. The third-order valence-corrected chi connectivity index (χ3v) is 4.87. The largest absolute Gasteiger partial charge is 0.399 e. The van der Waals surface area contributed by atoms with Crippen LogP contribution in [-0.4, -0.2) is 11.0 Å².